The fraction of sp³-hybridized carbons (Fsp3) is 0.667. The van der Waals surface area contributed by atoms with E-state index in [1.807, 2.05) is 0 Å². The molecule has 3 heteroatoms. The Bertz CT molecular complexity index is 203. The molecular weight excluding hydrogens is 152 g/mol. The van der Waals surface area contributed by atoms with Gasteiger partial charge in [-0.15, -0.1) is 0 Å². The molecule has 2 rings (SSSR count). The topological polar surface area (TPSA) is 24.8 Å². The fourth-order valence-corrected chi connectivity index (χ4v) is 1.93. The van der Waals surface area contributed by atoms with Crippen molar-refractivity contribution in [2.75, 3.05) is 13.1 Å². The Balaban J connectivity index is 2.02. The molecule has 0 aromatic rings. The molecular formula is C9H14N2O. The van der Waals surface area contributed by atoms with Gasteiger partial charge in [-0.1, -0.05) is 6.58 Å². The summed E-state index contributed by atoms with van der Waals surface area (Å²) in [6.45, 7) is 9.19. The minimum absolute atomic E-state index is 0.405. The van der Waals surface area contributed by atoms with Crippen LogP contribution in [0, 0.1) is 0 Å². The summed E-state index contributed by atoms with van der Waals surface area (Å²) in [7, 11) is 0. The number of rotatable bonds is 2. The molecule has 2 aliphatic heterocycles. The Morgan fingerprint density at radius 2 is 1.92 bits per heavy atom. The molecule has 0 aromatic carbocycles. The van der Waals surface area contributed by atoms with Crippen molar-refractivity contribution in [1.29, 1.82) is 0 Å². The second-order valence-electron chi connectivity index (χ2n) is 3.44. The van der Waals surface area contributed by atoms with E-state index in [4.69, 9.17) is 4.74 Å². The summed E-state index contributed by atoms with van der Waals surface area (Å²) in [5.41, 5.74) is 0. The van der Waals surface area contributed by atoms with Gasteiger partial charge in [-0.2, -0.15) is 0 Å². The van der Waals surface area contributed by atoms with Crippen LogP contribution in [0.4, 0.5) is 0 Å². The van der Waals surface area contributed by atoms with Crippen LogP contribution in [0.1, 0.15) is 12.8 Å². The van der Waals surface area contributed by atoms with Crippen LogP contribution >= 0.6 is 0 Å². The molecule has 0 aliphatic carbocycles. The number of morpholine rings is 1. The van der Waals surface area contributed by atoms with Crippen molar-refractivity contribution in [3.8, 4) is 0 Å². The van der Waals surface area contributed by atoms with Crippen molar-refractivity contribution < 1.29 is 4.74 Å². The first-order valence-electron chi connectivity index (χ1n) is 4.35. The Morgan fingerprint density at radius 1 is 1.33 bits per heavy atom. The zero-order chi connectivity index (χ0) is 8.55. The summed E-state index contributed by atoms with van der Waals surface area (Å²) in [4.78, 5) is 6.00. The quantitative estimate of drug-likeness (QED) is 0.572. The summed E-state index contributed by atoms with van der Waals surface area (Å²) < 4.78 is 5.68. The summed E-state index contributed by atoms with van der Waals surface area (Å²) in [6.07, 6.45) is 3.18. The number of fused-ring (bicyclic) bond motifs is 2. The molecule has 2 atom stereocenters. The smallest absolute Gasteiger partial charge is 0.120 e. The fourth-order valence-electron chi connectivity index (χ4n) is 1.93. The zero-order valence-corrected chi connectivity index (χ0v) is 7.20. The molecule has 0 N–H and O–H groups in total. The third-order valence-electron chi connectivity index (χ3n) is 2.59. The van der Waals surface area contributed by atoms with Crippen molar-refractivity contribution in [2.45, 2.75) is 25.0 Å². The third kappa shape index (κ3) is 1.25. The van der Waals surface area contributed by atoms with Crippen molar-refractivity contribution in [2.24, 2.45) is 4.99 Å². The largest absolute Gasteiger partial charge is 0.371 e. The first kappa shape index (κ1) is 7.80. The number of nitrogens with zero attached hydrogens (tertiary/aromatic N) is 2. The Hall–Kier alpha value is -0.830. The molecule has 66 valence electrons. The van der Waals surface area contributed by atoms with Crippen LogP contribution in [0.5, 0.6) is 0 Å². The number of hydrogen-bond donors (Lipinski definition) is 0. The van der Waals surface area contributed by atoms with Gasteiger partial charge in [0.25, 0.3) is 0 Å². The predicted molar refractivity (Wildman–Crippen MR) is 48.2 cm³/mol. The lowest BCUT2D eigenvalue weighted by atomic mass is 10.2. The molecule has 0 aromatic heterocycles. The van der Waals surface area contributed by atoms with Gasteiger partial charge in [0.1, 0.15) is 5.82 Å². The Labute approximate surface area is 72.7 Å². The minimum atomic E-state index is 0.405. The summed E-state index contributed by atoms with van der Waals surface area (Å²) >= 11 is 0. The van der Waals surface area contributed by atoms with Crippen LogP contribution in [-0.4, -0.2) is 36.9 Å². The predicted octanol–water partition coefficient (Wildman–Crippen LogP) is 1.02. The van der Waals surface area contributed by atoms with Gasteiger partial charge >= 0.3 is 0 Å². The van der Waals surface area contributed by atoms with E-state index in [1.54, 1.807) is 0 Å². The van der Waals surface area contributed by atoms with Crippen LogP contribution < -0.4 is 0 Å². The second-order valence-corrected chi connectivity index (χ2v) is 3.44. The second kappa shape index (κ2) is 2.90. The molecule has 0 amide bonds. The van der Waals surface area contributed by atoms with E-state index < -0.39 is 0 Å². The average molecular weight is 166 g/mol. The van der Waals surface area contributed by atoms with E-state index in [0.29, 0.717) is 12.2 Å². The van der Waals surface area contributed by atoms with Crippen LogP contribution in [-0.2, 0) is 4.74 Å². The van der Waals surface area contributed by atoms with Crippen molar-refractivity contribution >= 4 is 6.72 Å². The lowest BCUT2D eigenvalue weighted by molar-refractivity contribution is -0.0267. The highest BCUT2D eigenvalue weighted by Crippen LogP contribution is 2.27. The lowest BCUT2D eigenvalue weighted by Gasteiger charge is -2.33. The maximum atomic E-state index is 5.68. The van der Waals surface area contributed by atoms with Gasteiger partial charge in [-0.05, 0) is 19.6 Å². The molecule has 0 radical (unpaired) electrons. The summed E-state index contributed by atoms with van der Waals surface area (Å²) in [5, 5.41) is 0. The highest BCUT2D eigenvalue weighted by atomic mass is 16.5. The Kier molecular flexibility index (Phi) is 1.89. The molecule has 0 spiro atoms. The standard InChI is InChI=1S/C9H14N2O/c1-7(10-2)11-5-8-3-4-9(6-11)12-8/h8-9H,1-6H2. The first-order chi connectivity index (χ1) is 5.79. The van der Waals surface area contributed by atoms with E-state index >= 15 is 0 Å². The summed E-state index contributed by atoms with van der Waals surface area (Å²) in [6, 6.07) is 0. The third-order valence-corrected chi connectivity index (χ3v) is 2.59. The number of hydrogen-bond acceptors (Lipinski definition) is 3. The van der Waals surface area contributed by atoms with Crippen molar-refractivity contribution in [3.63, 3.8) is 0 Å². The number of likely N-dealkylation sites (tertiary alicyclic amines) is 1. The minimum Gasteiger partial charge on any atom is -0.371 e. The van der Waals surface area contributed by atoms with Gasteiger partial charge in [0.15, 0.2) is 0 Å². The SMILES string of the molecule is C=NC(=C)N1CC2CCC(C1)O2. The molecule has 2 bridgehead atoms. The van der Waals surface area contributed by atoms with Crippen LogP contribution in [0.25, 0.3) is 0 Å². The van der Waals surface area contributed by atoms with Gasteiger partial charge in [0.2, 0.25) is 0 Å². The van der Waals surface area contributed by atoms with Crippen molar-refractivity contribution in [1.82, 2.24) is 4.90 Å². The first-order valence-corrected chi connectivity index (χ1v) is 4.35. The van der Waals surface area contributed by atoms with Gasteiger partial charge < -0.3 is 9.64 Å². The van der Waals surface area contributed by atoms with E-state index in [0.717, 1.165) is 18.9 Å². The molecule has 0 saturated carbocycles. The average Bonchev–Trinajstić information content (AvgIpc) is 2.44. The lowest BCUT2D eigenvalue weighted by Crippen LogP contribution is -2.41. The van der Waals surface area contributed by atoms with Crippen LogP contribution in [0.15, 0.2) is 17.4 Å². The molecule has 2 heterocycles. The zero-order valence-electron chi connectivity index (χ0n) is 7.20. The maximum Gasteiger partial charge on any atom is 0.120 e. The maximum absolute atomic E-state index is 5.68. The summed E-state index contributed by atoms with van der Waals surface area (Å²) in [5.74, 6) is 0.787. The molecule has 3 nitrogen and oxygen atoms in total. The van der Waals surface area contributed by atoms with E-state index in [-0.39, 0.29) is 0 Å². The van der Waals surface area contributed by atoms with Gasteiger partial charge in [0, 0.05) is 13.1 Å². The number of aliphatic imine (C=N–C) groups is 1. The number of ether oxygens (including phenoxy) is 1. The van der Waals surface area contributed by atoms with Gasteiger partial charge in [-0.3, -0.25) is 0 Å². The van der Waals surface area contributed by atoms with E-state index in [2.05, 4.69) is 23.2 Å². The van der Waals surface area contributed by atoms with Crippen LogP contribution in [0.3, 0.4) is 0 Å². The normalized spacial score (nSPS) is 33.5. The highest BCUT2D eigenvalue weighted by molar-refractivity contribution is 5.27. The Morgan fingerprint density at radius 3 is 2.42 bits per heavy atom. The van der Waals surface area contributed by atoms with Gasteiger partial charge in [0.05, 0.1) is 12.2 Å². The highest BCUT2D eigenvalue weighted by Gasteiger charge is 2.33. The van der Waals surface area contributed by atoms with Crippen LogP contribution in [0.2, 0.25) is 0 Å². The molecule has 2 unspecified atom stereocenters. The van der Waals surface area contributed by atoms with Gasteiger partial charge in [-0.25, -0.2) is 4.99 Å². The molecule has 2 fully saturated rings. The van der Waals surface area contributed by atoms with Crippen molar-refractivity contribution in [3.05, 3.63) is 12.4 Å². The monoisotopic (exact) mass is 166 g/mol. The van der Waals surface area contributed by atoms with E-state index in [1.165, 1.54) is 12.8 Å². The molecule has 2 aliphatic rings. The molecule has 12 heavy (non-hydrogen) atoms. The van der Waals surface area contributed by atoms with E-state index in [9.17, 15) is 0 Å². The molecule has 2 saturated heterocycles.